The molecule has 4 aromatic heterocycles. The lowest BCUT2D eigenvalue weighted by Crippen LogP contribution is -2.44. The largest absolute Gasteiger partial charge is 0.430 e. The van der Waals surface area contributed by atoms with E-state index in [4.69, 9.17) is 99.6 Å². The van der Waals surface area contributed by atoms with Crippen molar-refractivity contribution in [1.29, 1.82) is 10.7 Å². The van der Waals surface area contributed by atoms with Crippen molar-refractivity contribution in [3.8, 4) is 78.6 Å². The number of aromatic nitrogens is 6. The first kappa shape index (κ1) is 94.0. The van der Waals surface area contributed by atoms with Gasteiger partial charge in [0, 0.05) is 61.9 Å². The van der Waals surface area contributed by atoms with Crippen molar-refractivity contribution in [3.05, 3.63) is 147 Å². The normalized spacial score (nSPS) is 22.8. The number of para-hydroxylation sites is 1. The van der Waals surface area contributed by atoms with Crippen LogP contribution in [0.1, 0.15) is 133 Å². The van der Waals surface area contributed by atoms with Gasteiger partial charge >= 0.3 is 17.1 Å². The third-order valence-electron chi connectivity index (χ3n) is 17.2. The molecule has 115 heavy (non-hydrogen) atoms. The molecule has 2 amide bonds. The number of ether oxygens (including phenoxy) is 4. The van der Waals surface area contributed by atoms with Gasteiger partial charge in [-0.25, -0.2) is 19.1 Å². The number of nitrogen functional groups attached to an aromatic ring is 2. The number of aliphatic hydroxyl groups excluding tert-OH is 5. The number of halogens is 2. The molecule has 610 valence electrons. The van der Waals surface area contributed by atoms with Crippen LogP contribution in [0.3, 0.4) is 0 Å². The van der Waals surface area contributed by atoms with Crippen LogP contribution in [-0.4, -0.2) is 170 Å². The summed E-state index contributed by atoms with van der Waals surface area (Å²) in [5.74, 6) is 22.8. The number of nitriles is 1. The Bertz CT molecular complexity index is 5040. The van der Waals surface area contributed by atoms with Crippen LogP contribution in [0.4, 0.5) is 17.5 Å². The SMILES string of the molecule is C#CCC#CC1=CC([C@H]2C[C@@H](O)[C@@H](COP(P)P)O2)C(=O)NC1=N.C#CCC#Cc1cn([C@H]2C[C@@H](O)[C@@H](CO)O2)c(=O)nc1N.C#CCC#Cc1cn([C@H]2C[C@@H](OP(OCCC#N)N(C(C)C)C(C)C)[C@@H](CC)O2)c(=O)nc1NC(=O)c1ccccc1.Nc1nc(=O)n([C@H]2C[C@@H](O)[C@@H](CO)O2)cc1I.O=c1c2ccccc2op1Cl. The van der Waals surface area contributed by atoms with E-state index in [1.807, 2.05) is 35.6 Å². The van der Waals surface area contributed by atoms with Gasteiger partial charge in [-0.3, -0.25) is 33.5 Å². The van der Waals surface area contributed by atoms with Gasteiger partial charge < -0.3 is 84.3 Å². The fourth-order valence-electron chi connectivity index (χ4n) is 11.7. The summed E-state index contributed by atoms with van der Waals surface area (Å²) < 4.78 is 52.8. The second-order valence-electron chi connectivity index (χ2n) is 25.9. The summed E-state index contributed by atoms with van der Waals surface area (Å²) in [5, 5.41) is 70.0. The number of carbonyl (C=O) groups excluding carboxylic acids is 2. The lowest BCUT2D eigenvalue weighted by Gasteiger charge is -2.37. The minimum atomic E-state index is -1.50. The summed E-state index contributed by atoms with van der Waals surface area (Å²) in [6.45, 7) is 10.2. The second kappa shape index (κ2) is 46.7. The van der Waals surface area contributed by atoms with Crippen LogP contribution in [0.5, 0.6) is 0 Å². The highest BCUT2D eigenvalue weighted by Gasteiger charge is 2.44. The maximum absolute atomic E-state index is 13.3. The maximum Gasteiger partial charge on any atom is 0.351 e. The number of rotatable bonds is 20. The van der Waals surface area contributed by atoms with E-state index >= 15 is 0 Å². The third-order valence-corrected chi connectivity index (χ3v) is 23.1. The zero-order chi connectivity index (χ0) is 84.2. The van der Waals surface area contributed by atoms with Crippen LogP contribution < -0.4 is 44.3 Å². The van der Waals surface area contributed by atoms with Crippen LogP contribution in [-0.2, 0) is 37.3 Å². The van der Waals surface area contributed by atoms with Crippen LogP contribution in [0, 0.1) is 98.8 Å². The summed E-state index contributed by atoms with van der Waals surface area (Å²) in [6.07, 6.45) is 17.1. The Kier molecular flexibility index (Phi) is 38.2. The molecule has 32 nitrogen and oxygen atoms in total. The standard InChI is InChI=1S/C31H38N5O5P.C15H19N2O4P3.C14H15N3O4.C9H12IN3O4.C7H4ClO2P/c1-7-9-11-17-25-21-35(31(38)34-29(25)33-30(37)24-15-12-10-13-16-24)28-20-27(26(8-2)40-28)41-42(39-19-14-18-32)36(22(3)4)23(5)6;1-2-3-4-5-9-6-10(15(19)17-14(9)16)12-7-11(18)13(21-12)8-20-24(22)23;1-2-3-4-5-9-7-17(14(20)16-13(9)15)12-6-10(19)11(8-18)21-12;10-4-2-13(9(16)12-8(4)11)7-1-5(15)6(3-14)17-7;8-11-7(9)5-3-1-2-4-6(5)10-11/h1,10,12-13,15-16,21-23,26-28H,8-9,14,19-20H2,2-6H3,(H,33,34,37,38);1,6,10-13,18H,3,7-8,22-23H2,(H2,16,17,19);1,7,10-12,18-19H,3,6,8H2,(H2,15,16,20);2,5-7,14-15H,1,3H2,(H2,11,12,16);1-4H/t26-,27-,28-,42?;10?,11-,12-,13-;10-,11-,12-;5-,6-,7-;/m1111./s1. The quantitative estimate of drug-likeness (QED) is 0.0158. The van der Waals surface area contributed by atoms with E-state index in [1.165, 1.54) is 26.1 Å². The Morgan fingerprint density at radius 2 is 1.29 bits per heavy atom. The molecular formula is C76H88ClIN13O19P5. The zero-order valence-electron chi connectivity index (χ0n) is 63.0. The van der Waals surface area contributed by atoms with E-state index in [0.717, 1.165) is 0 Å². The molecule has 2 aromatic carbocycles. The predicted octanol–water partition coefficient (Wildman–Crippen LogP) is 7.10. The number of nitrogens with two attached hydrogens (primary N) is 2. The van der Waals surface area contributed by atoms with Crippen molar-refractivity contribution >= 4 is 121 Å². The van der Waals surface area contributed by atoms with Crippen molar-refractivity contribution in [2.75, 3.05) is 43.2 Å². The molecule has 12 N–H and O–H groups in total. The molecule has 5 unspecified atom stereocenters. The van der Waals surface area contributed by atoms with Gasteiger partial charge in [-0.2, -0.15) is 20.2 Å². The molecule has 0 bridgehead atoms. The van der Waals surface area contributed by atoms with Gasteiger partial charge in [-0.1, -0.05) is 114 Å². The summed E-state index contributed by atoms with van der Waals surface area (Å²) >= 11 is 7.58. The van der Waals surface area contributed by atoms with E-state index in [1.54, 1.807) is 60.8 Å². The topological polar surface area (TPSA) is 462 Å². The number of aliphatic hydroxyl groups is 5. The van der Waals surface area contributed by atoms with Gasteiger partial charge in [0.1, 0.15) is 60.0 Å². The Morgan fingerprint density at radius 1 is 0.757 bits per heavy atom. The first-order valence-electron chi connectivity index (χ1n) is 35.6. The molecule has 5 aliphatic heterocycles. The van der Waals surface area contributed by atoms with E-state index < -0.39 is 113 Å². The number of amides is 2. The fraction of sp³-hybridized carbons (Fsp3) is 0.434. The van der Waals surface area contributed by atoms with Gasteiger partial charge in [-0.15, -0.1) is 19.3 Å². The predicted molar refractivity (Wildman–Crippen MR) is 451 cm³/mol. The van der Waals surface area contributed by atoms with Crippen molar-refractivity contribution in [3.63, 3.8) is 0 Å². The lowest BCUT2D eigenvalue weighted by atomic mass is 9.92. The van der Waals surface area contributed by atoms with E-state index in [-0.39, 0.29) is 124 Å². The number of hydrogen-bond donors (Lipinski definition) is 10. The minimum absolute atomic E-state index is 0.0121. The molecule has 0 radical (unpaired) electrons. The molecule has 4 fully saturated rings. The van der Waals surface area contributed by atoms with Gasteiger partial charge in [0.25, 0.3) is 19.6 Å². The number of hydrogen-bond acceptors (Lipinski definition) is 27. The third kappa shape index (κ3) is 27.0. The highest BCUT2D eigenvalue weighted by molar-refractivity contribution is 14.1. The number of terminal acetylenes is 3. The van der Waals surface area contributed by atoms with Crippen molar-refractivity contribution < 1.29 is 71.8 Å². The molecule has 6 aromatic rings. The monoisotopic (exact) mass is 1800 g/mol. The molecule has 0 spiro atoms. The van der Waals surface area contributed by atoms with Crippen LogP contribution in [0.2, 0.25) is 0 Å². The average molecular weight is 1800 g/mol. The summed E-state index contributed by atoms with van der Waals surface area (Å²) in [5.41, 5.74) is 11.5. The molecule has 11 rings (SSSR count). The van der Waals surface area contributed by atoms with Gasteiger partial charge in [0.05, 0.1) is 134 Å². The number of fused-ring (bicyclic) bond motifs is 1. The summed E-state index contributed by atoms with van der Waals surface area (Å²) in [6, 6.07) is 18.1. The number of anilines is 3. The highest BCUT2D eigenvalue weighted by Crippen LogP contribution is 2.54. The number of amidine groups is 1. The van der Waals surface area contributed by atoms with Crippen molar-refractivity contribution in [2.24, 2.45) is 5.92 Å². The van der Waals surface area contributed by atoms with E-state index in [2.05, 4.69) is 135 Å². The zero-order valence-corrected chi connectivity index (χ0v) is 70.9. The Balaban J connectivity index is 0.000000213. The molecule has 0 aliphatic carbocycles. The lowest BCUT2D eigenvalue weighted by molar-refractivity contribution is -0.127. The average Bonchev–Trinajstić information content (AvgIpc) is 1.72. The van der Waals surface area contributed by atoms with E-state index in [9.17, 15) is 44.1 Å². The summed E-state index contributed by atoms with van der Waals surface area (Å²) in [7, 11) is 1.45. The fourth-order valence-corrected chi connectivity index (χ4v) is 16.0. The molecule has 9 heterocycles. The number of nitrogens with one attached hydrogen (secondary N) is 3. The molecule has 4 saturated heterocycles. The minimum Gasteiger partial charge on any atom is -0.430 e. The number of benzene rings is 2. The Hall–Kier alpha value is -8.13. The Labute approximate surface area is 690 Å². The van der Waals surface area contributed by atoms with Gasteiger partial charge in [-0.05, 0) is 92.2 Å². The van der Waals surface area contributed by atoms with Crippen molar-refractivity contribution in [1.82, 2.24) is 38.6 Å². The highest BCUT2D eigenvalue weighted by atomic mass is 127. The van der Waals surface area contributed by atoms with Crippen LogP contribution >= 0.6 is 74.9 Å². The van der Waals surface area contributed by atoms with Crippen LogP contribution in [0.15, 0.2) is 108 Å². The number of carbonyl (C=O) groups is 2. The van der Waals surface area contributed by atoms with Crippen molar-refractivity contribution in [2.45, 2.75) is 178 Å². The van der Waals surface area contributed by atoms with Gasteiger partial charge in [0.15, 0.2) is 12.9 Å². The molecule has 39 heteroatoms. The molecule has 17 atom stereocenters. The van der Waals surface area contributed by atoms with Crippen LogP contribution in [0.25, 0.3) is 11.0 Å². The second-order valence-corrected chi connectivity index (χ2v) is 36.3. The van der Waals surface area contributed by atoms with E-state index in [0.29, 0.717) is 56.1 Å². The number of nitrogens with zero attached hydrogens (tertiary/aromatic N) is 8. The molecular weight excluding hydrogens is 1720 g/mol. The Morgan fingerprint density at radius 3 is 1.84 bits per heavy atom. The molecule has 5 aliphatic rings. The maximum atomic E-state index is 13.3. The first-order valence-corrected chi connectivity index (χ1v) is 44.5. The summed E-state index contributed by atoms with van der Waals surface area (Å²) in [4.78, 5) is 84.4. The van der Waals surface area contributed by atoms with Gasteiger partial charge in [0.2, 0.25) is 5.91 Å². The smallest absolute Gasteiger partial charge is 0.351 e. The first-order chi connectivity index (χ1) is 55.0. The molecule has 0 saturated carbocycles.